The highest BCUT2D eigenvalue weighted by Gasteiger charge is 2.27. The maximum absolute atomic E-state index is 14.1. The lowest BCUT2D eigenvalue weighted by atomic mass is 10.0. The number of hydrogen-bond donors (Lipinski definition) is 2. The Morgan fingerprint density at radius 3 is 2.50 bits per heavy atom. The fourth-order valence-electron chi connectivity index (χ4n) is 3.38. The highest BCUT2D eigenvalue weighted by atomic mass is 19.1. The molecule has 10 heteroatoms. The van der Waals surface area contributed by atoms with Crippen LogP contribution in [-0.4, -0.2) is 53.0 Å². The number of fused-ring (bicyclic) bond motifs is 1. The molecular formula is C20H24F2N6O2. The summed E-state index contributed by atoms with van der Waals surface area (Å²) in [6.07, 6.45) is 5.62. The van der Waals surface area contributed by atoms with Gasteiger partial charge in [-0.15, -0.1) is 0 Å². The van der Waals surface area contributed by atoms with Gasteiger partial charge in [0.25, 0.3) is 0 Å². The van der Waals surface area contributed by atoms with E-state index in [2.05, 4.69) is 20.4 Å². The fourth-order valence-corrected chi connectivity index (χ4v) is 3.38. The SMILES string of the molecule is C1CCNCC1.COc1cc2ncc(-c3nc(N)c(F)cc3F)n2nc1C1COC1. The van der Waals surface area contributed by atoms with Gasteiger partial charge in [-0.05, 0) is 25.9 Å². The molecule has 8 nitrogen and oxygen atoms in total. The Bertz CT molecular complexity index is 1020. The van der Waals surface area contributed by atoms with Gasteiger partial charge < -0.3 is 20.5 Å². The van der Waals surface area contributed by atoms with E-state index in [1.54, 1.807) is 13.2 Å². The molecule has 0 amide bonds. The summed E-state index contributed by atoms with van der Waals surface area (Å²) in [5.41, 5.74) is 6.75. The molecule has 3 N–H and O–H groups in total. The van der Waals surface area contributed by atoms with Crippen molar-refractivity contribution in [1.29, 1.82) is 0 Å². The molecule has 0 saturated carbocycles. The number of pyridine rings is 1. The molecule has 0 radical (unpaired) electrons. The van der Waals surface area contributed by atoms with Crippen LogP contribution in [0.15, 0.2) is 18.3 Å². The predicted octanol–water partition coefficient (Wildman–Crippen LogP) is 2.53. The average molecular weight is 418 g/mol. The van der Waals surface area contributed by atoms with Gasteiger partial charge in [-0.2, -0.15) is 5.10 Å². The number of aromatic nitrogens is 4. The molecule has 0 atom stereocenters. The number of hydrogen-bond acceptors (Lipinski definition) is 7. The Morgan fingerprint density at radius 1 is 1.17 bits per heavy atom. The number of methoxy groups -OCH3 is 1. The molecule has 5 heterocycles. The number of rotatable bonds is 3. The second-order valence-electron chi connectivity index (χ2n) is 7.24. The lowest BCUT2D eigenvalue weighted by Crippen LogP contribution is -2.27. The highest BCUT2D eigenvalue weighted by Crippen LogP contribution is 2.32. The van der Waals surface area contributed by atoms with Crippen LogP contribution in [0.3, 0.4) is 0 Å². The van der Waals surface area contributed by atoms with Gasteiger partial charge in [0.05, 0.1) is 32.4 Å². The first-order valence-electron chi connectivity index (χ1n) is 9.91. The first kappa shape index (κ1) is 20.4. The topological polar surface area (TPSA) is 99.6 Å². The smallest absolute Gasteiger partial charge is 0.168 e. The Morgan fingerprint density at radius 2 is 1.93 bits per heavy atom. The monoisotopic (exact) mass is 418 g/mol. The van der Waals surface area contributed by atoms with E-state index in [9.17, 15) is 8.78 Å². The number of anilines is 1. The van der Waals surface area contributed by atoms with E-state index < -0.39 is 11.6 Å². The summed E-state index contributed by atoms with van der Waals surface area (Å²) in [5, 5.41) is 7.79. The van der Waals surface area contributed by atoms with Gasteiger partial charge in [0.2, 0.25) is 0 Å². The van der Waals surface area contributed by atoms with Crippen molar-refractivity contribution in [2.24, 2.45) is 0 Å². The van der Waals surface area contributed by atoms with Gasteiger partial charge in [-0.1, -0.05) is 6.42 Å². The van der Waals surface area contributed by atoms with E-state index in [1.807, 2.05) is 0 Å². The lowest BCUT2D eigenvalue weighted by molar-refractivity contribution is 0.00530. The number of halogens is 2. The van der Waals surface area contributed by atoms with Crippen molar-refractivity contribution in [3.8, 4) is 17.1 Å². The molecular weight excluding hydrogens is 394 g/mol. The third-order valence-corrected chi connectivity index (χ3v) is 5.14. The zero-order valence-electron chi connectivity index (χ0n) is 16.7. The molecule has 3 aromatic heterocycles. The van der Waals surface area contributed by atoms with Crippen LogP contribution in [0, 0.1) is 11.6 Å². The zero-order valence-corrected chi connectivity index (χ0v) is 16.7. The van der Waals surface area contributed by atoms with Crippen molar-refractivity contribution in [2.45, 2.75) is 25.2 Å². The third kappa shape index (κ3) is 4.05. The molecule has 160 valence electrons. The molecule has 30 heavy (non-hydrogen) atoms. The van der Waals surface area contributed by atoms with Crippen molar-refractivity contribution in [3.63, 3.8) is 0 Å². The van der Waals surface area contributed by atoms with Crippen LogP contribution in [-0.2, 0) is 4.74 Å². The second-order valence-corrected chi connectivity index (χ2v) is 7.24. The molecule has 2 saturated heterocycles. The van der Waals surface area contributed by atoms with E-state index in [0.717, 1.165) is 0 Å². The molecule has 0 aliphatic carbocycles. The summed E-state index contributed by atoms with van der Waals surface area (Å²) >= 11 is 0. The number of nitrogens with two attached hydrogens (primary N) is 1. The largest absolute Gasteiger partial charge is 0.495 e. The first-order chi connectivity index (χ1) is 14.6. The standard InChI is InChI=1S/C15H13F2N5O2.C5H11N/c1-23-11-3-12-19-4-10(14-8(16)2-9(17)15(18)20-14)22(12)21-13(11)7-5-24-6-7;1-2-4-6-5-3-1/h2-4,7H,5-6H2,1H3,(H2,18,20);6H,1-5H2. The average Bonchev–Trinajstić information content (AvgIpc) is 3.13. The van der Waals surface area contributed by atoms with Crippen LogP contribution in [0.2, 0.25) is 0 Å². The molecule has 0 aromatic carbocycles. The number of nitrogens with one attached hydrogen (secondary N) is 1. The minimum Gasteiger partial charge on any atom is -0.495 e. The van der Waals surface area contributed by atoms with E-state index >= 15 is 0 Å². The summed E-state index contributed by atoms with van der Waals surface area (Å²) < 4.78 is 39.5. The quantitative estimate of drug-likeness (QED) is 0.674. The fraction of sp³-hybridized carbons (Fsp3) is 0.450. The molecule has 0 bridgehead atoms. The van der Waals surface area contributed by atoms with Crippen LogP contribution >= 0.6 is 0 Å². The normalized spacial score (nSPS) is 16.6. The highest BCUT2D eigenvalue weighted by molar-refractivity contribution is 5.62. The second kappa shape index (κ2) is 8.88. The Hall–Kier alpha value is -2.85. The minimum atomic E-state index is -0.910. The predicted molar refractivity (Wildman–Crippen MR) is 107 cm³/mol. The van der Waals surface area contributed by atoms with Crippen LogP contribution < -0.4 is 15.8 Å². The van der Waals surface area contributed by atoms with Crippen molar-refractivity contribution < 1.29 is 18.3 Å². The van der Waals surface area contributed by atoms with Gasteiger partial charge in [0.15, 0.2) is 23.1 Å². The van der Waals surface area contributed by atoms with Crippen molar-refractivity contribution in [2.75, 3.05) is 39.1 Å². The van der Waals surface area contributed by atoms with Crippen molar-refractivity contribution >= 4 is 11.5 Å². The van der Waals surface area contributed by atoms with E-state index in [4.69, 9.17) is 15.2 Å². The number of ether oxygens (including phenoxy) is 2. The van der Waals surface area contributed by atoms with Gasteiger partial charge >= 0.3 is 0 Å². The number of nitrogen functional groups attached to an aromatic ring is 1. The van der Waals surface area contributed by atoms with E-state index in [-0.39, 0.29) is 23.1 Å². The summed E-state index contributed by atoms with van der Waals surface area (Å²) in [4.78, 5) is 7.98. The van der Waals surface area contributed by atoms with Gasteiger partial charge in [-0.25, -0.2) is 23.3 Å². The molecule has 0 unspecified atom stereocenters. The molecule has 2 fully saturated rings. The van der Waals surface area contributed by atoms with Crippen molar-refractivity contribution in [3.05, 3.63) is 35.7 Å². The minimum absolute atomic E-state index is 0.0932. The lowest BCUT2D eigenvalue weighted by Gasteiger charge is -2.26. The molecule has 2 aliphatic rings. The summed E-state index contributed by atoms with van der Waals surface area (Å²) in [7, 11) is 1.54. The molecule has 5 rings (SSSR count). The number of piperidine rings is 1. The van der Waals surface area contributed by atoms with Crippen molar-refractivity contribution in [1.82, 2.24) is 24.9 Å². The van der Waals surface area contributed by atoms with Crippen LogP contribution in [0.1, 0.15) is 30.9 Å². The van der Waals surface area contributed by atoms with E-state index in [0.29, 0.717) is 36.4 Å². The Labute approximate surface area is 172 Å². The molecule has 0 spiro atoms. The van der Waals surface area contributed by atoms with Gasteiger partial charge in [0, 0.05) is 12.1 Å². The number of nitrogens with zero attached hydrogens (tertiary/aromatic N) is 4. The summed E-state index contributed by atoms with van der Waals surface area (Å²) in [6.45, 7) is 3.57. The first-order valence-corrected chi connectivity index (χ1v) is 9.91. The third-order valence-electron chi connectivity index (χ3n) is 5.14. The molecule has 2 aliphatic heterocycles. The maximum atomic E-state index is 14.1. The van der Waals surface area contributed by atoms with Crippen LogP contribution in [0.5, 0.6) is 5.75 Å². The number of imidazole rings is 1. The van der Waals surface area contributed by atoms with Crippen LogP contribution in [0.25, 0.3) is 17.0 Å². The van der Waals surface area contributed by atoms with Gasteiger partial charge in [0.1, 0.15) is 22.8 Å². The Kier molecular flexibility index (Phi) is 6.05. The van der Waals surface area contributed by atoms with Gasteiger partial charge in [-0.3, -0.25) is 0 Å². The summed E-state index contributed by atoms with van der Waals surface area (Å²) in [5.74, 6) is -1.46. The maximum Gasteiger partial charge on any atom is 0.168 e. The Balaban J connectivity index is 0.000000313. The van der Waals surface area contributed by atoms with E-state index in [1.165, 1.54) is 43.1 Å². The van der Waals surface area contributed by atoms with Crippen LogP contribution in [0.4, 0.5) is 14.6 Å². The zero-order chi connectivity index (χ0) is 21.1. The molecule has 3 aromatic rings. The summed E-state index contributed by atoms with van der Waals surface area (Å²) in [6, 6.07) is 2.40.